The molecule has 3 heterocycles. The Kier molecular flexibility index (Phi) is 8.38. The predicted molar refractivity (Wildman–Crippen MR) is 163 cm³/mol. The van der Waals surface area contributed by atoms with E-state index in [1.165, 1.54) is 0 Å². The molecule has 12 heteroatoms. The predicted octanol–water partition coefficient (Wildman–Crippen LogP) is 3.79. The summed E-state index contributed by atoms with van der Waals surface area (Å²) in [6, 6.07) is 3.14. The molecule has 3 fully saturated rings. The summed E-state index contributed by atoms with van der Waals surface area (Å²) in [5, 5.41) is 19.3. The molecule has 1 saturated heterocycles. The van der Waals surface area contributed by atoms with Crippen LogP contribution in [0.1, 0.15) is 74.7 Å². The Morgan fingerprint density at radius 1 is 1.20 bits per heavy atom. The first-order valence-corrected chi connectivity index (χ1v) is 16.2. The van der Waals surface area contributed by atoms with Gasteiger partial charge in [0.1, 0.15) is 18.1 Å². The van der Waals surface area contributed by atoms with Crippen LogP contribution in [-0.4, -0.2) is 92.9 Å². The molecule has 44 heavy (non-hydrogen) atoms. The second-order valence-corrected chi connectivity index (χ2v) is 14.2. The molecule has 2 saturated carbocycles. The molecule has 0 unspecified atom stereocenters. The Labute approximate surface area is 263 Å². The van der Waals surface area contributed by atoms with E-state index in [0.717, 1.165) is 43.4 Å². The van der Waals surface area contributed by atoms with Crippen molar-refractivity contribution < 1.29 is 24.2 Å². The number of likely N-dealkylation sites (tertiary alicyclic amines) is 1. The molecule has 1 spiro atoms. The molecule has 0 radical (unpaired) electrons. The average Bonchev–Trinajstić information content (AvgIpc) is 3.45. The molecular formula is C32H43ClN6O5. The van der Waals surface area contributed by atoms with Crippen LogP contribution in [0, 0.1) is 16.7 Å². The first-order valence-electron chi connectivity index (χ1n) is 15.8. The molecule has 1 N–H and O–H groups in total. The normalized spacial score (nSPS) is 25.9. The van der Waals surface area contributed by atoms with Crippen LogP contribution in [0.2, 0.25) is 5.02 Å². The van der Waals surface area contributed by atoms with E-state index in [1.807, 2.05) is 42.2 Å². The highest BCUT2D eigenvalue weighted by Gasteiger charge is 2.54. The van der Waals surface area contributed by atoms with Crippen molar-refractivity contribution in [3.8, 4) is 5.75 Å². The fourth-order valence-electron chi connectivity index (χ4n) is 7.38. The molecule has 2 amide bonds. The molecule has 4 aliphatic rings. The van der Waals surface area contributed by atoms with Crippen LogP contribution in [0.4, 0.5) is 0 Å². The minimum atomic E-state index is -1.13. The van der Waals surface area contributed by atoms with Crippen molar-refractivity contribution in [2.24, 2.45) is 16.7 Å². The first kappa shape index (κ1) is 30.8. The van der Waals surface area contributed by atoms with Crippen molar-refractivity contribution in [2.45, 2.75) is 77.5 Å². The lowest BCUT2D eigenvalue weighted by atomic mass is 9.66. The topological polar surface area (TPSA) is 121 Å². The minimum absolute atomic E-state index is 0.0702. The van der Waals surface area contributed by atoms with E-state index in [4.69, 9.17) is 16.3 Å². The first-order chi connectivity index (χ1) is 21.0. The van der Waals surface area contributed by atoms with Gasteiger partial charge in [0.05, 0.1) is 30.1 Å². The molecule has 1 aromatic heterocycles. The summed E-state index contributed by atoms with van der Waals surface area (Å²) in [5.41, 5.74) is 1.33. The number of rotatable bonds is 10. The van der Waals surface area contributed by atoms with Crippen LogP contribution >= 0.6 is 11.6 Å². The lowest BCUT2D eigenvalue weighted by Gasteiger charge is -2.45. The molecule has 0 bridgehead atoms. The Hall–Kier alpha value is -3.18. The molecular weight excluding hydrogens is 584 g/mol. The molecule has 6 rings (SSSR count). The van der Waals surface area contributed by atoms with Crippen molar-refractivity contribution in [1.29, 1.82) is 0 Å². The van der Waals surface area contributed by atoms with Gasteiger partial charge in [0.2, 0.25) is 11.8 Å². The van der Waals surface area contributed by atoms with Gasteiger partial charge in [-0.3, -0.25) is 19.1 Å². The van der Waals surface area contributed by atoms with Gasteiger partial charge in [0.15, 0.2) is 0 Å². The van der Waals surface area contributed by atoms with E-state index >= 15 is 0 Å². The largest absolute Gasteiger partial charge is 0.487 e. The number of ether oxygens (including phenoxy) is 1. The summed E-state index contributed by atoms with van der Waals surface area (Å²) < 4.78 is 8.18. The smallest absolute Gasteiger partial charge is 0.310 e. The van der Waals surface area contributed by atoms with E-state index in [1.54, 1.807) is 11.6 Å². The summed E-state index contributed by atoms with van der Waals surface area (Å²) in [7, 11) is 4.01. The van der Waals surface area contributed by atoms with Gasteiger partial charge in [0, 0.05) is 43.2 Å². The summed E-state index contributed by atoms with van der Waals surface area (Å²) in [6.45, 7) is 4.84. The van der Waals surface area contributed by atoms with Gasteiger partial charge < -0.3 is 24.5 Å². The van der Waals surface area contributed by atoms with Crippen LogP contribution in [0.25, 0.3) is 0 Å². The van der Waals surface area contributed by atoms with Crippen molar-refractivity contribution >= 4 is 29.4 Å². The van der Waals surface area contributed by atoms with Gasteiger partial charge >= 0.3 is 5.97 Å². The van der Waals surface area contributed by atoms with E-state index < -0.39 is 23.3 Å². The van der Waals surface area contributed by atoms with Gasteiger partial charge in [-0.15, -0.1) is 5.10 Å². The number of amides is 2. The lowest BCUT2D eigenvalue weighted by molar-refractivity contribution is -0.162. The molecule has 2 aromatic rings. The van der Waals surface area contributed by atoms with Crippen molar-refractivity contribution in [2.75, 3.05) is 40.3 Å². The number of benzene rings is 1. The zero-order chi connectivity index (χ0) is 31.2. The zero-order valence-electron chi connectivity index (χ0n) is 25.9. The van der Waals surface area contributed by atoms with E-state index in [-0.39, 0.29) is 23.8 Å². The second kappa shape index (κ2) is 12.0. The van der Waals surface area contributed by atoms with E-state index in [2.05, 4.69) is 15.2 Å². The SMILES string of the molecule is CN(C)CCn1cc(COc2ccc(Cl)c3c2[C@@H](CN2CC4(CC4)CC2=O)N(C(=O)[C@@H]2CCCC[C@]2(C)C(=O)O)CC3)nn1. The van der Waals surface area contributed by atoms with Crippen LogP contribution in [-0.2, 0) is 34.0 Å². The third-order valence-electron chi connectivity index (χ3n) is 10.3. The Morgan fingerprint density at radius 2 is 2.00 bits per heavy atom. The molecule has 1 aromatic carbocycles. The summed E-state index contributed by atoms with van der Waals surface area (Å²) in [4.78, 5) is 45.9. The summed E-state index contributed by atoms with van der Waals surface area (Å²) >= 11 is 6.78. The van der Waals surface area contributed by atoms with E-state index in [0.29, 0.717) is 68.3 Å². The maximum atomic E-state index is 14.4. The Balaban J connectivity index is 1.32. The van der Waals surface area contributed by atoms with Gasteiger partial charge in [-0.2, -0.15) is 0 Å². The van der Waals surface area contributed by atoms with Crippen LogP contribution in [0.3, 0.4) is 0 Å². The number of carboxylic acids is 1. The number of fused-ring (bicyclic) bond motifs is 1. The van der Waals surface area contributed by atoms with Gasteiger partial charge in [-0.25, -0.2) is 0 Å². The molecule has 2 aliphatic carbocycles. The molecule has 11 nitrogen and oxygen atoms in total. The maximum Gasteiger partial charge on any atom is 0.310 e. The quantitative estimate of drug-likeness (QED) is 0.423. The molecule has 238 valence electrons. The highest BCUT2D eigenvalue weighted by molar-refractivity contribution is 6.31. The summed E-state index contributed by atoms with van der Waals surface area (Å²) in [6.07, 6.45) is 7.63. The Morgan fingerprint density at radius 3 is 2.70 bits per heavy atom. The fourth-order valence-corrected chi connectivity index (χ4v) is 7.64. The number of carboxylic acid groups (broad SMARTS) is 1. The summed E-state index contributed by atoms with van der Waals surface area (Å²) in [5.74, 6) is -1.03. The number of hydrogen-bond donors (Lipinski definition) is 1. The number of hydrogen-bond acceptors (Lipinski definition) is 7. The van der Waals surface area contributed by atoms with Crippen molar-refractivity contribution in [3.05, 3.63) is 40.2 Å². The maximum absolute atomic E-state index is 14.4. The second-order valence-electron chi connectivity index (χ2n) is 13.8. The number of halogens is 1. The number of aliphatic carboxylic acids is 1. The average molecular weight is 627 g/mol. The highest BCUT2D eigenvalue weighted by atomic mass is 35.5. The molecule has 3 atom stereocenters. The van der Waals surface area contributed by atoms with E-state index in [9.17, 15) is 19.5 Å². The van der Waals surface area contributed by atoms with Gasteiger partial charge in [-0.05, 0) is 76.2 Å². The van der Waals surface area contributed by atoms with Crippen LogP contribution < -0.4 is 4.74 Å². The monoisotopic (exact) mass is 626 g/mol. The van der Waals surface area contributed by atoms with Crippen molar-refractivity contribution in [3.63, 3.8) is 0 Å². The third-order valence-corrected chi connectivity index (χ3v) is 10.7. The Bertz CT molecular complexity index is 1440. The lowest BCUT2D eigenvalue weighted by Crippen LogP contribution is -2.52. The van der Waals surface area contributed by atoms with Crippen LogP contribution in [0.5, 0.6) is 5.75 Å². The number of carbonyl (C=O) groups excluding carboxylic acids is 2. The third kappa shape index (κ3) is 5.92. The minimum Gasteiger partial charge on any atom is -0.487 e. The fraction of sp³-hybridized carbons (Fsp3) is 0.656. The number of nitrogens with zero attached hydrogens (tertiary/aromatic N) is 6. The number of aromatic nitrogens is 3. The molecule has 2 aliphatic heterocycles. The standard InChI is InChI=1S/C32H43ClN6O5/c1-31(30(42)43)10-5-4-6-23(31)29(41)39-13-9-22-24(33)7-8-26(44-19-21-17-38(35-34-21)15-14-36(2)3)28(22)25(39)18-37-20-32(11-12-32)16-27(37)40/h7-8,17,23,25H,4-6,9-16,18-20H2,1-3H3,(H,42,43)/t23-,25+,31-/m0/s1. The van der Waals surface area contributed by atoms with Crippen molar-refractivity contribution in [1.82, 2.24) is 29.7 Å². The van der Waals surface area contributed by atoms with Gasteiger partial charge in [0.25, 0.3) is 0 Å². The van der Waals surface area contributed by atoms with Crippen LogP contribution in [0.15, 0.2) is 18.3 Å². The number of carbonyl (C=O) groups is 3. The number of likely N-dealkylation sites (N-methyl/N-ethyl adjacent to an activating group) is 1. The zero-order valence-corrected chi connectivity index (χ0v) is 26.7. The van der Waals surface area contributed by atoms with Gasteiger partial charge in [-0.1, -0.05) is 29.7 Å². The highest BCUT2D eigenvalue weighted by Crippen LogP contribution is 2.54.